The number of nitrogens with one attached hydrogen (secondary N) is 1. The van der Waals surface area contributed by atoms with Gasteiger partial charge >= 0.3 is 0 Å². The van der Waals surface area contributed by atoms with Crippen molar-refractivity contribution in [3.63, 3.8) is 0 Å². The number of rotatable bonds is 2. The highest BCUT2D eigenvalue weighted by Gasteiger charge is 2.41. The molecular formula is C14H29N. The summed E-state index contributed by atoms with van der Waals surface area (Å²) in [6.07, 6.45) is 5.63. The van der Waals surface area contributed by atoms with Crippen LogP contribution in [0, 0.1) is 16.7 Å². The molecule has 1 aliphatic carbocycles. The summed E-state index contributed by atoms with van der Waals surface area (Å²) in [6, 6.07) is 0.646. The Labute approximate surface area is 96.0 Å². The van der Waals surface area contributed by atoms with E-state index in [1.54, 1.807) is 0 Å². The van der Waals surface area contributed by atoms with E-state index in [-0.39, 0.29) is 0 Å². The molecule has 0 heterocycles. The fourth-order valence-corrected chi connectivity index (χ4v) is 3.38. The maximum atomic E-state index is 3.57. The monoisotopic (exact) mass is 211 g/mol. The molecule has 1 rings (SSSR count). The van der Waals surface area contributed by atoms with Crippen LogP contribution < -0.4 is 5.32 Å². The lowest BCUT2D eigenvalue weighted by molar-refractivity contribution is 0.0548. The van der Waals surface area contributed by atoms with Crippen molar-refractivity contribution in [1.29, 1.82) is 0 Å². The van der Waals surface area contributed by atoms with E-state index in [4.69, 9.17) is 0 Å². The molecule has 1 fully saturated rings. The Bertz CT molecular complexity index is 200. The Morgan fingerprint density at radius 3 is 2.20 bits per heavy atom. The van der Waals surface area contributed by atoms with Crippen LogP contribution in [-0.4, -0.2) is 13.1 Å². The molecule has 0 radical (unpaired) electrons. The smallest absolute Gasteiger partial charge is 0.0146 e. The van der Waals surface area contributed by atoms with Gasteiger partial charge in [-0.15, -0.1) is 0 Å². The molecule has 90 valence electrons. The molecule has 1 nitrogen and oxygen atoms in total. The van der Waals surface area contributed by atoms with Crippen molar-refractivity contribution in [2.45, 2.75) is 66.3 Å². The molecule has 0 aromatic rings. The molecule has 15 heavy (non-hydrogen) atoms. The third-order valence-corrected chi connectivity index (χ3v) is 4.24. The molecular weight excluding hydrogens is 182 g/mol. The van der Waals surface area contributed by atoms with E-state index in [1.165, 1.54) is 25.7 Å². The molecule has 0 aromatic carbocycles. The maximum absolute atomic E-state index is 3.57. The summed E-state index contributed by atoms with van der Waals surface area (Å²) in [6.45, 7) is 12.0. The Hall–Kier alpha value is -0.0400. The normalized spacial score (nSPS) is 28.8. The second-order valence-corrected chi connectivity index (χ2v) is 6.97. The summed E-state index contributed by atoms with van der Waals surface area (Å²) in [5, 5.41) is 3.57. The van der Waals surface area contributed by atoms with Crippen LogP contribution >= 0.6 is 0 Å². The van der Waals surface area contributed by atoms with Gasteiger partial charge in [-0.2, -0.15) is 0 Å². The van der Waals surface area contributed by atoms with Crippen LogP contribution in [0.3, 0.4) is 0 Å². The first-order chi connectivity index (χ1) is 6.79. The minimum absolute atomic E-state index is 0.369. The van der Waals surface area contributed by atoms with Crippen LogP contribution in [0.25, 0.3) is 0 Å². The van der Waals surface area contributed by atoms with E-state index < -0.39 is 0 Å². The number of hydrogen-bond donors (Lipinski definition) is 1. The first kappa shape index (κ1) is 13.0. The van der Waals surface area contributed by atoms with E-state index in [0.717, 1.165) is 5.92 Å². The van der Waals surface area contributed by atoms with E-state index in [2.05, 4.69) is 47.0 Å². The highest BCUT2D eigenvalue weighted by atomic mass is 14.9. The highest BCUT2D eigenvalue weighted by Crippen LogP contribution is 2.45. The average Bonchev–Trinajstić information content (AvgIpc) is 2.06. The van der Waals surface area contributed by atoms with Crippen molar-refractivity contribution in [3.05, 3.63) is 0 Å². The largest absolute Gasteiger partial charge is 0.316 e. The summed E-state index contributed by atoms with van der Waals surface area (Å²) < 4.78 is 0. The molecule has 2 atom stereocenters. The molecule has 0 amide bonds. The van der Waals surface area contributed by atoms with E-state index in [9.17, 15) is 0 Å². The Morgan fingerprint density at radius 2 is 1.80 bits per heavy atom. The van der Waals surface area contributed by atoms with Crippen molar-refractivity contribution in [3.8, 4) is 0 Å². The summed E-state index contributed by atoms with van der Waals surface area (Å²) in [7, 11) is 2.13. The van der Waals surface area contributed by atoms with Gasteiger partial charge in [-0.25, -0.2) is 0 Å². The minimum atomic E-state index is 0.369. The molecule has 0 saturated heterocycles. The van der Waals surface area contributed by atoms with Gasteiger partial charge < -0.3 is 5.32 Å². The quantitative estimate of drug-likeness (QED) is 0.732. The summed E-state index contributed by atoms with van der Waals surface area (Å²) in [5.41, 5.74) is 0.882. The predicted molar refractivity (Wildman–Crippen MR) is 68.0 cm³/mol. The lowest BCUT2D eigenvalue weighted by Gasteiger charge is -2.47. The SMILES string of the molecule is CNC(C1CCCCC1(C)C)C(C)(C)C. The molecule has 0 spiro atoms. The molecule has 1 N–H and O–H groups in total. The zero-order valence-corrected chi connectivity index (χ0v) is 11.5. The van der Waals surface area contributed by atoms with Gasteiger partial charge in [0.2, 0.25) is 0 Å². The fourth-order valence-electron chi connectivity index (χ4n) is 3.38. The zero-order chi connectivity index (χ0) is 11.7. The van der Waals surface area contributed by atoms with E-state index >= 15 is 0 Å². The van der Waals surface area contributed by atoms with Gasteiger partial charge in [0.25, 0.3) is 0 Å². The highest BCUT2D eigenvalue weighted by molar-refractivity contribution is 4.94. The topological polar surface area (TPSA) is 12.0 Å². The first-order valence-electron chi connectivity index (χ1n) is 6.46. The number of hydrogen-bond acceptors (Lipinski definition) is 1. The van der Waals surface area contributed by atoms with Crippen LogP contribution in [0.15, 0.2) is 0 Å². The first-order valence-corrected chi connectivity index (χ1v) is 6.46. The van der Waals surface area contributed by atoms with Crippen LogP contribution in [0.5, 0.6) is 0 Å². The van der Waals surface area contributed by atoms with E-state index in [1.807, 2.05) is 0 Å². The molecule has 1 saturated carbocycles. The van der Waals surface area contributed by atoms with Crippen molar-refractivity contribution in [1.82, 2.24) is 5.32 Å². The third-order valence-electron chi connectivity index (χ3n) is 4.24. The van der Waals surface area contributed by atoms with E-state index in [0.29, 0.717) is 16.9 Å². The van der Waals surface area contributed by atoms with Gasteiger partial charge in [-0.3, -0.25) is 0 Å². The molecule has 2 unspecified atom stereocenters. The zero-order valence-electron chi connectivity index (χ0n) is 11.5. The Morgan fingerprint density at radius 1 is 1.20 bits per heavy atom. The van der Waals surface area contributed by atoms with Crippen LogP contribution in [0.1, 0.15) is 60.3 Å². The van der Waals surface area contributed by atoms with Gasteiger partial charge in [0, 0.05) is 6.04 Å². The van der Waals surface area contributed by atoms with Crippen molar-refractivity contribution in [2.75, 3.05) is 7.05 Å². The summed E-state index contributed by atoms with van der Waals surface area (Å²) >= 11 is 0. The van der Waals surface area contributed by atoms with Crippen molar-refractivity contribution < 1.29 is 0 Å². The van der Waals surface area contributed by atoms with Crippen LogP contribution in [0.2, 0.25) is 0 Å². The molecule has 0 bridgehead atoms. The van der Waals surface area contributed by atoms with Gasteiger partial charge in [-0.1, -0.05) is 47.5 Å². The molecule has 0 aliphatic heterocycles. The lowest BCUT2D eigenvalue weighted by atomic mass is 9.61. The Kier molecular flexibility index (Phi) is 3.86. The lowest BCUT2D eigenvalue weighted by Crippen LogP contribution is -2.50. The molecule has 1 heteroatoms. The van der Waals surface area contributed by atoms with Crippen molar-refractivity contribution >= 4 is 0 Å². The van der Waals surface area contributed by atoms with Gasteiger partial charge in [0.05, 0.1) is 0 Å². The minimum Gasteiger partial charge on any atom is -0.316 e. The van der Waals surface area contributed by atoms with Crippen LogP contribution in [0.4, 0.5) is 0 Å². The second-order valence-electron chi connectivity index (χ2n) is 6.97. The fraction of sp³-hybridized carbons (Fsp3) is 1.00. The third kappa shape index (κ3) is 2.96. The molecule has 1 aliphatic rings. The van der Waals surface area contributed by atoms with Crippen LogP contribution in [-0.2, 0) is 0 Å². The Balaban J connectivity index is 2.82. The van der Waals surface area contributed by atoms with Gasteiger partial charge in [0.1, 0.15) is 0 Å². The standard InChI is InChI=1S/C14H29N/c1-13(2,3)12(15-6)11-9-7-8-10-14(11,4)5/h11-12,15H,7-10H2,1-6H3. The van der Waals surface area contributed by atoms with Crippen molar-refractivity contribution in [2.24, 2.45) is 16.7 Å². The average molecular weight is 211 g/mol. The van der Waals surface area contributed by atoms with Gasteiger partial charge in [0.15, 0.2) is 0 Å². The summed E-state index contributed by atoms with van der Waals surface area (Å²) in [5.74, 6) is 0.830. The predicted octanol–water partition coefficient (Wildman–Crippen LogP) is 3.84. The summed E-state index contributed by atoms with van der Waals surface area (Å²) in [4.78, 5) is 0. The molecule has 0 aromatic heterocycles. The maximum Gasteiger partial charge on any atom is 0.0146 e. The second kappa shape index (κ2) is 4.45. The van der Waals surface area contributed by atoms with Gasteiger partial charge in [-0.05, 0) is 36.6 Å².